The van der Waals surface area contributed by atoms with Crippen molar-refractivity contribution in [2.45, 2.75) is 17.9 Å². The smallest absolute Gasteiger partial charge is 0.264 e. The first kappa shape index (κ1) is 17.8. The van der Waals surface area contributed by atoms with Gasteiger partial charge in [-0.1, -0.05) is 5.92 Å². The van der Waals surface area contributed by atoms with E-state index in [0.717, 1.165) is 12.1 Å². The third-order valence-corrected chi connectivity index (χ3v) is 4.24. The number of ether oxygens (including phenoxy) is 1. The van der Waals surface area contributed by atoms with Gasteiger partial charge in [0, 0.05) is 16.7 Å². The zero-order valence-electron chi connectivity index (χ0n) is 10.7. The van der Waals surface area contributed by atoms with Crippen LogP contribution in [-0.2, 0) is 13.8 Å². The molecule has 0 aliphatic carbocycles. The third kappa shape index (κ3) is 4.88. The molecule has 0 spiro atoms. The average molecular weight is 399 g/mol. The number of carbonyl (C=O) groups is 1. The summed E-state index contributed by atoms with van der Waals surface area (Å²) in [6, 6.07) is 1.78. The highest BCUT2D eigenvalue weighted by molar-refractivity contribution is 9.10. The molecule has 1 unspecified atom stereocenters. The predicted octanol–water partition coefficient (Wildman–Crippen LogP) is 2.03. The summed E-state index contributed by atoms with van der Waals surface area (Å²) in [4.78, 5) is 10.9. The Hall–Kier alpha value is -1.30. The molecule has 114 valence electrons. The Bertz CT molecular complexity index is 702. The zero-order chi connectivity index (χ0) is 16.2. The lowest BCUT2D eigenvalue weighted by molar-refractivity contribution is -0.127. The highest BCUT2D eigenvalue weighted by Gasteiger charge is 2.21. The van der Waals surface area contributed by atoms with E-state index >= 15 is 0 Å². The highest BCUT2D eigenvalue weighted by atomic mass is 79.9. The molecule has 0 heterocycles. The van der Waals surface area contributed by atoms with E-state index in [-0.39, 0.29) is 16.8 Å². The van der Waals surface area contributed by atoms with Gasteiger partial charge >= 0.3 is 0 Å². The Labute approximate surface area is 134 Å². The van der Waals surface area contributed by atoms with Crippen molar-refractivity contribution in [3.8, 4) is 18.1 Å². The van der Waals surface area contributed by atoms with Crippen LogP contribution in [0.3, 0.4) is 0 Å². The second kappa shape index (κ2) is 7.11. The van der Waals surface area contributed by atoms with Crippen LogP contribution >= 0.6 is 26.6 Å². The van der Waals surface area contributed by atoms with Crippen molar-refractivity contribution >= 4 is 41.6 Å². The third-order valence-electron chi connectivity index (χ3n) is 2.29. The van der Waals surface area contributed by atoms with E-state index in [1.807, 2.05) is 0 Å². The van der Waals surface area contributed by atoms with Crippen molar-refractivity contribution < 1.29 is 22.3 Å². The van der Waals surface area contributed by atoms with Crippen molar-refractivity contribution in [3.63, 3.8) is 0 Å². The second-order valence-electron chi connectivity index (χ2n) is 3.83. The van der Waals surface area contributed by atoms with Crippen LogP contribution < -0.4 is 10.1 Å². The van der Waals surface area contributed by atoms with E-state index in [0.29, 0.717) is 0 Å². The van der Waals surface area contributed by atoms with Gasteiger partial charge in [-0.3, -0.25) is 4.79 Å². The molecular formula is C12H10BrClFNO4S. The van der Waals surface area contributed by atoms with Crippen LogP contribution in [0.15, 0.2) is 21.5 Å². The van der Waals surface area contributed by atoms with Crippen molar-refractivity contribution in [2.24, 2.45) is 0 Å². The van der Waals surface area contributed by atoms with E-state index in [2.05, 4.69) is 27.2 Å². The molecule has 0 radical (unpaired) electrons. The molecule has 1 rings (SSSR count). The van der Waals surface area contributed by atoms with Gasteiger partial charge in [0.15, 0.2) is 6.10 Å². The largest absolute Gasteiger partial charge is 0.480 e. The molecule has 1 atom stereocenters. The van der Waals surface area contributed by atoms with E-state index in [4.69, 9.17) is 21.8 Å². The van der Waals surface area contributed by atoms with E-state index in [1.54, 1.807) is 0 Å². The molecule has 1 amide bonds. The minimum atomic E-state index is -4.22. The monoisotopic (exact) mass is 397 g/mol. The van der Waals surface area contributed by atoms with Crippen LogP contribution in [0.4, 0.5) is 4.39 Å². The van der Waals surface area contributed by atoms with Gasteiger partial charge in [0.25, 0.3) is 15.0 Å². The summed E-state index contributed by atoms with van der Waals surface area (Å²) in [6.45, 7) is 1.47. The first-order valence-electron chi connectivity index (χ1n) is 5.48. The minimum Gasteiger partial charge on any atom is -0.480 e. The van der Waals surface area contributed by atoms with Crippen molar-refractivity contribution in [3.05, 3.63) is 22.4 Å². The molecule has 0 saturated carbocycles. The van der Waals surface area contributed by atoms with Crippen molar-refractivity contribution in [1.29, 1.82) is 0 Å². The number of halogens is 3. The Morgan fingerprint density at radius 2 is 2.24 bits per heavy atom. The van der Waals surface area contributed by atoms with Crippen LogP contribution in [0.25, 0.3) is 0 Å². The maximum absolute atomic E-state index is 13.7. The standard InChI is InChI=1S/C12H10BrClFNO4S/c1-3-4-16-12(17)7(2)20-10-6-9(15)11(5-8(10)13)21(14,18)19/h1,5-7H,4H2,2H3,(H,16,17). The molecule has 5 nitrogen and oxygen atoms in total. The molecule has 0 aromatic heterocycles. The minimum absolute atomic E-state index is 0.0332. The van der Waals surface area contributed by atoms with Gasteiger partial charge in [0.05, 0.1) is 11.0 Å². The summed E-state index contributed by atoms with van der Waals surface area (Å²) in [5, 5.41) is 2.40. The number of nitrogens with one attached hydrogen (secondary N) is 1. The molecule has 0 aliphatic rings. The van der Waals surface area contributed by atoms with Gasteiger partial charge in [-0.15, -0.1) is 6.42 Å². The van der Waals surface area contributed by atoms with Gasteiger partial charge in [-0.05, 0) is 28.9 Å². The SMILES string of the molecule is C#CCNC(=O)C(C)Oc1cc(F)c(S(=O)(=O)Cl)cc1Br. The van der Waals surface area contributed by atoms with Gasteiger partial charge in [0.2, 0.25) is 0 Å². The fraction of sp³-hybridized carbons (Fsp3) is 0.250. The Morgan fingerprint density at radius 3 is 2.76 bits per heavy atom. The van der Waals surface area contributed by atoms with E-state index in [9.17, 15) is 17.6 Å². The molecule has 0 saturated heterocycles. The summed E-state index contributed by atoms with van der Waals surface area (Å²) in [7, 11) is 0.870. The first-order chi connectivity index (χ1) is 9.66. The molecule has 1 aromatic rings. The van der Waals surface area contributed by atoms with Crippen LogP contribution in [0.2, 0.25) is 0 Å². The van der Waals surface area contributed by atoms with Gasteiger partial charge in [-0.2, -0.15) is 0 Å². The van der Waals surface area contributed by atoms with Gasteiger partial charge < -0.3 is 10.1 Å². The Kier molecular flexibility index (Phi) is 6.01. The summed E-state index contributed by atoms with van der Waals surface area (Å²) < 4.78 is 41.4. The quantitative estimate of drug-likeness (QED) is 0.608. The molecule has 21 heavy (non-hydrogen) atoms. The maximum Gasteiger partial charge on any atom is 0.264 e. The van der Waals surface area contributed by atoms with Crippen molar-refractivity contribution in [1.82, 2.24) is 5.32 Å². The number of hydrogen-bond acceptors (Lipinski definition) is 4. The molecule has 0 fully saturated rings. The second-order valence-corrected chi connectivity index (χ2v) is 7.22. The lowest BCUT2D eigenvalue weighted by atomic mass is 10.3. The number of benzene rings is 1. The average Bonchev–Trinajstić information content (AvgIpc) is 2.38. The number of amides is 1. The molecule has 9 heteroatoms. The van der Waals surface area contributed by atoms with Crippen LogP contribution in [0.5, 0.6) is 5.75 Å². The van der Waals surface area contributed by atoms with Gasteiger partial charge in [0.1, 0.15) is 16.5 Å². The van der Waals surface area contributed by atoms with Crippen LogP contribution in [0, 0.1) is 18.2 Å². The van der Waals surface area contributed by atoms with Crippen molar-refractivity contribution in [2.75, 3.05) is 6.54 Å². The maximum atomic E-state index is 13.7. The van der Waals surface area contributed by atoms with Crippen LogP contribution in [-0.4, -0.2) is 27.0 Å². The van der Waals surface area contributed by atoms with E-state index in [1.165, 1.54) is 6.92 Å². The highest BCUT2D eigenvalue weighted by Crippen LogP contribution is 2.32. The molecule has 1 N–H and O–H groups in total. The normalized spacial score (nSPS) is 12.3. The van der Waals surface area contributed by atoms with E-state index < -0.39 is 31.8 Å². The lowest BCUT2D eigenvalue weighted by Gasteiger charge is -2.15. The summed E-state index contributed by atoms with van der Waals surface area (Å²) in [6.07, 6.45) is 4.05. The number of rotatable bonds is 5. The lowest BCUT2D eigenvalue weighted by Crippen LogP contribution is -2.36. The van der Waals surface area contributed by atoms with Crippen LogP contribution in [0.1, 0.15) is 6.92 Å². The Balaban J connectivity index is 2.99. The number of terminal acetylenes is 1. The zero-order valence-corrected chi connectivity index (χ0v) is 13.9. The molecule has 0 bridgehead atoms. The fourth-order valence-corrected chi connectivity index (χ4v) is 2.81. The number of carbonyl (C=O) groups excluding carboxylic acids is 1. The first-order valence-corrected chi connectivity index (χ1v) is 8.58. The summed E-state index contributed by atoms with van der Waals surface area (Å²) in [5.74, 6) is 0.607. The fourth-order valence-electron chi connectivity index (χ4n) is 1.31. The topological polar surface area (TPSA) is 72.5 Å². The molecule has 1 aromatic carbocycles. The summed E-state index contributed by atoms with van der Waals surface area (Å²) in [5.41, 5.74) is 0. The van der Waals surface area contributed by atoms with Gasteiger partial charge in [-0.25, -0.2) is 12.8 Å². The predicted molar refractivity (Wildman–Crippen MR) is 79.1 cm³/mol. The molecular weight excluding hydrogens is 389 g/mol. The Morgan fingerprint density at radius 1 is 1.62 bits per heavy atom. The molecule has 0 aliphatic heterocycles. The summed E-state index contributed by atoms with van der Waals surface area (Å²) >= 11 is 3.03. The number of hydrogen-bond donors (Lipinski definition) is 1.